The fourth-order valence-electron chi connectivity index (χ4n) is 3.99. The number of likely N-dealkylation sites (tertiary alicyclic amines) is 1. The number of aryl methyl sites for hydroxylation is 1. The second-order valence-electron chi connectivity index (χ2n) is 7.77. The van der Waals surface area contributed by atoms with Crippen LogP contribution >= 0.6 is 0 Å². The molecule has 3 heterocycles. The first-order chi connectivity index (χ1) is 14.6. The maximum atomic E-state index is 12.9. The largest absolute Gasteiger partial charge is 0.484 e. The Labute approximate surface area is 175 Å². The molecule has 0 bridgehead atoms. The molecule has 2 aliphatic heterocycles. The molecule has 9 heteroatoms. The number of benzene rings is 1. The number of aromatic amines is 1. The van der Waals surface area contributed by atoms with Gasteiger partial charge in [0.05, 0.1) is 6.04 Å². The SMILES string of the molecule is Cc1nc(C2CC(NC(=O)C3CCOCC3)CN2C(=O)COc2ccccc2)n[nH]1. The van der Waals surface area contributed by atoms with Crippen molar-refractivity contribution in [1.29, 1.82) is 0 Å². The van der Waals surface area contributed by atoms with Crippen LogP contribution in [0.3, 0.4) is 0 Å². The van der Waals surface area contributed by atoms with Crippen molar-refractivity contribution in [3.8, 4) is 5.75 Å². The summed E-state index contributed by atoms with van der Waals surface area (Å²) in [4.78, 5) is 31.7. The average molecular weight is 413 g/mol. The summed E-state index contributed by atoms with van der Waals surface area (Å²) in [5.74, 6) is 1.72. The van der Waals surface area contributed by atoms with Crippen molar-refractivity contribution in [1.82, 2.24) is 25.4 Å². The molecule has 30 heavy (non-hydrogen) atoms. The van der Waals surface area contributed by atoms with Crippen molar-refractivity contribution in [3.05, 3.63) is 42.0 Å². The van der Waals surface area contributed by atoms with Gasteiger partial charge in [0.15, 0.2) is 12.4 Å². The Morgan fingerprint density at radius 3 is 2.73 bits per heavy atom. The molecule has 2 fully saturated rings. The number of ether oxygens (including phenoxy) is 2. The number of rotatable bonds is 6. The maximum absolute atomic E-state index is 12.9. The van der Waals surface area contributed by atoms with Crippen LogP contribution in [0.25, 0.3) is 0 Å². The van der Waals surface area contributed by atoms with Crippen molar-refractivity contribution in [2.75, 3.05) is 26.4 Å². The summed E-state index contributed by atoms with van der Waals surface area (Å²) in [5, 5.41) is 10.2. The highest BCUT2D eigenvalue weighted by molar-refractivity contribution is 5.80. The van der Waals surface area contributed by atoms with Crippen molar-refractivity contribution >= 4 is 11.8 Å². The number of para-hydroxylation sites is 1. The lowest BCUT2D eigenvalue weighted by molar-refractivity contribution is -0.135. The van der Waals surface area contributed by atoms with Gasteiger partial charge in [-0.3, -0.25) is 14.7 Å². The van der Waals surface area contributed by atoms with Gasteiger partial charge in [-0.05, 0) is 38.3 Å². The van der Waals surface area contributed by atoms with E-state index >= 15 is 0 Å². The van der Waals surface area contributed by atoms with Crippen LogP contribution in [0, 0.1) is 12.8 Å². The second kappa shape index (κ2) is 9.25. The van der Waals surface area contributed by atoms with Gasteiger partial charge < -0.3 is 19.7 Å². The highest BCUT2D eigenvalue weighted by atomic mass is 16.5. The molecule has 2 aliphatic rings. The summed E-state index contributed by atoms with van der Waals surface area (Å²) in [6.07, 6.45) is 2.04. The molecule has 9 nitrogen and oxygen atoms in total. The maximum Gasteiger partial charge on any atom is 0.261 e. The van der Waals surface area contributed by atoms with Gasteiger partial charge in [0.1, 0.15) is 11.6 Å². The van der Waals surface area contributed by atoms with Gasteiger partial charge in [-0.15, -0.1) is 0 Å². The number of nitrogens with one attached hydrogen (secondary N) is 2. The predicted molar refractivity (Wildman–Crippen MR) is 108 cm³/mol. The molecule has 160 valence electrons. The third kappa shape index (κ3) is 4.79. The second-order valence-corrected chi connectivity index (χ2v) is 7.77. The van der Waals surface area contributed by atoms with Gasteiger partial charge in [0.25, 0.3) is 5.91 Å². The fraction of sp³-hybridized carbons (Fsp3) is 0.524. The van der Waals surface area contributed by atoms with E-state index in [1.807, 2.05) is 37.3 Å². The van der Waals surface area contributed by atoms with Crippen LogP contribution in [-0.4, -0.2) is 64.3 Å². The van der Waals surface area contributed by atoms with Crippen LogP contribution in [0.5, 0.6) is 5.75 Å². The summed E-state index contributed by atoms with van der Waals surface area (Å²) in [6.45, 7) is 3.38. The molecule has 2 unspecified atom stereocenters. The first-order valence-corrected chi connectivity index (χ1v) is 10.3. The first kappa shape index (κ1) is 20.3. The van der Waals surface area contributed by atoms with E-state index in [0.717, 1.165) is 12.8 Å². The van der Waals surface area contributed by atoms with E-state index in [2.05, 4.69) is 20.5 Å². The third-order valence-electron chi connectivity index (χ3n) is 5.58. The smallest absolute Gasteiger partial charge is 0.261 e. The summed E-state index contributed by atoms with van der Waals surface area (Å²) in [6, 6.07) is 8.77. The van der Waals surface area contributed by atoms with Crippen LogP contribution in [0.1, 0.15) is 37.0 Å². The molecule has 1 aromatic heterocycles. The van der Waals surface area contributed by atoms with E-state index in [1.54, 1.807) is 4.90 Å². The zero-order chi connectivity index (χ0) is 20.9. The van der Waals surface area contributed by atoms with Crippen molar-refractivity contribution < 1.29 is 19.1 Å². The minimum Gasteiger partial charge on any atom is -0.484 e. The number of carbonyl (C=O) groups is 2. The summed E-state index contributed by atoms with van der Waals surface area (Å²) >= 11 is 0. The minimum absolute atomic E-state index is 0.0306. The average Bonchev–Trinajstić information content (AvgIpc) is 3.39. The van der Waals surface area contributed by atoms with Crippen LogP contribution in [0.2, 0.25) is 0 Å². The molecule has 2 atom stereocenters. The lowest BCUT2D eigenvalue weighted by Crippen LogP contribution is -2.43. The Kier molecular flexibility index (Phi) is 6.27. The molecular weight excluding hydrogens is 386 g/mol. The first-order valence-electron chi connectivity index (χ1n) is 10.3. The summed E-state index contributed by atoms with van der Waals surface area (Å²) in [7, 11) is 0. The summed E-state index contributed by atoms with van der Waals surface area (Å²) < 4.78 is 11.0. The van der Waals surface area contributed by atoms with Gasteiger partial charge in [-0.2, -0.15) is 5.10 Å². The van der Waals surface area contributed by atoms with Crippen LogP contribution < -0.4 is 10.1 Å². The van der Waals surface area contributed by atoms with Crippen molar-refractivity contribution in [2.24, 2.45) is 5.92 Å². The van der Waals surface area contributed by atoms with Gasteiger partial charge in [0, 0.05) is 31.7 Å². The molecule has 4 rings (SSSR count). The van der Waals surface area contributed by atoms with Gasteiger partial charge in [-0.1, -0.05) is 18.2 Å². The number of nitrogens with zero attached hydrogens (tertiary/aromatic N) is 3. The van der Waals surface area contributed by atoms with Crippen LogP contribution in [-0.2, 0) is 14.3 Å². The molecule has 2 N–H and O–H groups in total. The van der Waals surface area contributed by atoms with E-state index in [1.165, 1.54) is 0 Å². The van der Waals surface area contributed by atoms with Gasteiger partial charge >= 0.3 is 0 Å². The molecule has 0 radical (unpaired) electrons. The lowest BCUT2D eigenvalue weighted by Gasteiger charge is -2.24. The van der Waals surface area contributed by atoms with Crippen molar-refractivity contribution in [3.63, 3.8) is 0 Å². The molecule has 2 amide bonds. The Balaban J connectivity index is 1.42. The number of hydrogen-bond acceptors (Lipinski definition) is 6. The highest BCUT2D eigenvalue weighted by Gasteiger charge is 2.39. The number of H-pyrrole nitrogens is 1. The third-order valence-corrected chi connectivity index (χ3v) is 5.58. The zero-order valence-electron chi connectivity index (χ0n) is 17.0. The quantitative estimate of drug-likeness (QED) is 0.740. The number of aromatic nitrogens is 3. The zero-order valence-corrected chi connectivity index (χ0v) is 17.0. The molecular formula is C21H27N5O4. The van der Waals surface area contributed by atoms with Crippen LogP contribution in [0.4, 0.5) is 0 Å². The number of hydrogen-bond donors (Lipinski definition) is 2. The molecule has 0 aliphatic carbocycles. The topological polar surface area (TPSA) is 109 Å². The Morgan fingerprint density at radius 1 is 1.27 bits per heavy atom. The van der Waals surface area contributed by atoms with E-state index in [4.69, 9.17) is 9.47 Å². The van der Waals surface area contributed by atoms with Crippen LogP contribution in [0.15, 0.2) is 30.3 Å². The Hall–Kier alpha value is -2.94. The molecule has 1 aromatic carbocycles. The van der Waals surface area contributed by atoms with Crippen molar-refractivity contribution in [2.45, 2.75) is 38.3 Å². The molecule has 0 saturated carbocycles. The minimum atomic E-state index is -0.304. The standard InChI is InChI=1S/C21H27N5O4/c1-14-22-20(25-24-14)18-11-16(23-21(28)15-7-9-29-10-8-15)12-26(18)19(27)13-30-17-5-3-2-4-6-17/h2-6,15-16,18H,7-13H2,1H3,(H,23,28)(H,22,24,25). The summed E-state index contributed by atoms with van der Waals surface area (Å²) in [5.41, 5.74) is 0. The van der Waals surface area contributed by atoms with Gasteiger partial charge in [-0.25, -0.2) is 4.98 Å². The van der Waals surface area contributed by atoms with E-state index in [0.29, 0.717) is 43.6 Å². The van der Waals surface area contributed by atoms with E-state index < -0.39 is 0 Å². The number of carbonyl (C=O) groups excluding carboxylic acids is 2. The Morgan fingerprint density at radius 2 is 2.03 bits per heavy atom. The fourth-order valence-corrected chi connectivity index (χ4v) is 3.99. The van der Waals surface area contributed by atoms with E-state index in [-0.39, 0.29) is 36.4 Å². The molecule has 2 saturated heterocycles. The molecule has 0 spiro atoms. The number of amides is 2. The lowest BCUT2D eigenvalue weighted by atomic mass is 9.99. The highest BCUT2D eigenvalue weighted by Crippen LogP contribution is 2.31. The monoisotopic (exact) mass is 413 g/mol. The normalized spacial score (nSPS) is 22.1. The van der Waals surface area contributed by atoms with Gasteiger partial charge in [0.2, 0.25) is 5.91 Å². The predicted octanol–water partition coefficient (Wildman–Crippen LogP) is 1.38. The Bertz CT molecular complexity index is 865. The van der Waals surface area contributed by atoms with E-state index in [9.17, 15) is 9.59 Å². The molecule has 2 aromatic rings.